The molecule has 0 saturated carbocycles. The maximum atomic E-state index is 12.5. The summed E-state index contributed by atoms with van der Waals surface area (Å²) < 4.78 is 16.9. The van der Waals surface area contributed by atoms with Gasteiger partial charge >= 0.3 is 6.09 Å². The van der Waals surface area contributed by atoms with Crippen LogP contribution in [0.2, 0.25) is 0 Å². The lowest BCUT2D eigenvalue weighted by molar-refractivity contribution is -0.384. The number of aliphatic hydroxyl groups excluding tert-OH is 5. The van der Waals surface area contributed by atoms with E-state index in [2.05, 4.69) is 24.5 Å². The van der Waals surface area contributed by atoms with Gasteiger partial charge in [-0.1, -0.05) is 245 Å². The van der Waals surface area contributed by atoms with E-state index in [1.54, 1.807) is 0 Å². The van der Waals surface area contributed by atoms with Crippen molar-refractivity contribution in [2.45, 2.75) is 300 Å². The summed E-state index contributed by atoms with van der Waals surface area (Å²) >= 11 is 0. The minimum Gasteiger partial charge on any atom is -0.446 e. The van der Waals surface area contributed by atoms with Crippen LogP contribution in [0.25, 0.3) is 0 Å². The summed E-state index contributed by atoms with van der Waals surface area (Å²) in [4.78, 5) is 23.0. The Labute approximate surface area is 430 Å². The fourth-order valence-corrected chi connectivity index (χ4v) is 9.69. The van der Waals surface area contributed by atoms with E-state index in [9.17, 15) is 40.4 Å². The highest BCUT2D eigenvalue weighted by molar-refractivity contribution is 5.85. The zero-order chi connectivity index (χ0) is 51.6. The van der Waals surface area contributed by atoms with Crippen LogP contribution in [-0.4, -0.2) is 105 Å². The molecule has 1 aromatic rings. The number of aliphatic hydroxyl groups is 5. The fraction of sp³-hybridized carbons (Fsp3) is 0.877. The van der Waals surface area contributed by atoms with E-state index in [0.29, 0.717) is 13.0 Å². The van der Waals surface area contributed by atoms with Gasteiger partial charge in [0, 0.05) is 12.1 Å². The average Bonchev–Trinajstić information content (AvgIpc) is 3.36. The SMILES string of the molecule is CCCCCCCCCCCCCCCCCCCCCCCCCCN[C@@H](CO[C@@H]1O[C@H](COC(=O)Nc2cccc([N+](=O)[O-])c2)[C@H](O)[C@H](O)[C@H]1O)[C@H](O)[C@H](O)CCCCCCCCCCCCCC. The second-order valence-electron chi connectivity index (χ2n) is 20.8. The molecule has 0 bridgehead atoms. The summed E-state index contributed by atoms with van der Waals surface area (Å²) in [5.74, 6) is 0. The first-order chi connectivity index (χ1) is 34.6. The monoisotopic (exact) mass is 1010 g/mol. The van der Waals surface area contributed by atoms with Crippen LogP contribution in [0.15, 0.2) is 24.3 Å². The first-order valence-electron chi connectivity index (χ1n) is 29.2. The van der Waals surface area contributed by atoms with Crippen LogP contribution in [0.3, 0.4) is 0 Å². The molecule has 1 amide bonds. The molecule has 414 valence electrons. The zero-order valence-corrected chi connectivity index (χ0v) is 44.8. The molecule has 14 heteroatoms. The average molecular weight is 1010 g/mol. The second kappa shape index (κ2) is 43.9. The second-order valence-corrected chi connectivity index (χ2v) is 20.8. The van der Waals surface area contributed by atoms with Crippen LogP contribution in [0.5, 0.6) is 0 Å². The summed E-state index contributed by atoms with van der Waals surface area (Å²) in [7, 11) is 0. The summed E-state index contributed by atoms with van der Waals surface area (Å²) in [6.07, 6.45) is 35.7. The van der Waals surface area contributed by atoms with E-state index in [1.165, 1.54) is 211 Å². The normalized spacial score (nSPS) is 19.4. The van der Waals surface area contributed by atoms with Gasteiger partial charge in [-0.2, -0.15) is 0 Å². The maximum Gasteiger partial charge on any atom is 0.411 e. The Morgan fingerprint density at radius 1 is 0.620 bits per heavy atom. The van der Waals surface area contributed by atoms with E-state index in [0.717, 1.165) is 44.6 Å². The number of nitro benzene ring substituents is 1. The van der Waals surface area contributed by atoms with E-state index < -0.39 is 66.6 Å². The van der Waals surface area contributed by atoms with Gasteiger partial charge < -0.3 is 45.1 Å². The van der Waals surface area contributed by atoms with Gasteiger partial charge in [0.2, 0.25) is 0 Å². The van der Waals surface area contributed by atoms with Crippen LogP contribution in [0.1, 0.15) is 251 Å². The van der Waals surface area contributed by atoms with Crippen molar-refractivity contribution in [3.05, 3.63) is 34.4 Å². The highest BCUT2D eigenvalue weighted by atomic mass is 16.7. The van der Waals surface area contributed by atoms with Gasteiger partial charge in [-0.3, -0.25) is 15.4 Å². The summed E-state index contributed by atoms with van der Waals surface area (Å²) in [6.45, 7) is 4.39. The molecule has 1 saturated heterocycles. The number of ether oxygens (including phenoxy) is 3. The number of unbranched alkanes of at least 4 members (excludes halogenated alkanes) is 34. The van der Waals surface area contributed by atoms with Crippen LogP contribution >= 0.6 is 0 Å². The number of hydrogen-bond acceptors (Lipinski definition) is 12. The standard InChI is InChI=1S/C57H105N3O11/c1-3-5-7-9-11-13-15-17-18-19-20-21-22-23-24-25-26-27-28-30-32-34-36-38-43-58-49(52(62)50(61)42-37-35-33-31-29-16-14-12-10-8-6-4-2)45-69-56-55(65)54(64)53(63)51(71-56)46-70-57(66)59-47-40-39-41-48(44-47)60(67)68/h39-41,44,49-56,58,61-65H,3-38,42-43,45-46H2,1-2H3,(H,59,66)/t49-,50+,51+,52-,53-,54-,55+,56+/m0/s1. The Hall–Kier alpha value is -2.43. The lowest BCUT2D eigenvalue weighted by Gasteiger charge is -2.40. The molecule has 1 aliphatic rings. The summed E-state index contributed by atoms with van der Waals surface area (Å²) in [5.41, 5.74) is -0.105. The molecule has 1 aromatic carbocycles. The van der Waals surface area contributed by atoms with Crippen molar-refractivity contribution < 1.29 is 49.5 Å². The van der Waals surface area contributed by atoms with Gasteiger partial charge in [0.1, 0.15) is 31.0 Å². The molecule has 1 heterocycles. The number of non-ortho nitro benzene ring substituents is 1. The van der Waals surface area contributed by atoms with Crippen LogP contribution in [0.4, 0.5) is 16.2 Å². The molecule has 1 fully saturated rings. The Morgan fingerprint density at radius 3 is 1.48 bits per heavy atom. The molecular weight excluding hydrogens is 903 g/mol. The summed E-state index contributed by atoms with van der Waals surface area (Å²) in [5, 5.41) is 71.6. The van der Waals surface area contributed by atoms with Crippen LogP contribution in [0, 0.1) is 10.1 Å². The lowest BCUT2D eigenvalue weighted by atomic mass is 9.98. The van der Waals surface area contributed by atoms with Gasteiger partial charge in [-0.05, 0) is 25.5 Å². The lowest BCUT2D eigenvalue weighted by Crippen LogP contribution is -2.60. The number of nitrogens with zero attached hydrogens (tertiary/aromatic N) is 1. The molecule has 14 nitrogen and oxygen atoms in total. The number of carbonyl (C=O) groups excluding carboxylic acids is 1. The molecule has 8 atom stereocenters. The van der Waals surface area contributed by atoms with Crippen molar-refractivity contribution in [1.82, 2.24) is 5.32 Å². The number of benzene rings is 1. The first kappa shape index (κ1) is 64.7. The number of hydrogen-bond donors (Lipinski definition) is 7. The van der Waals surface area contributed by atoms with Crippen LogP contribution < -0.4 is 10.6 Å². The van der Waals surface area contributed by atoms with Crippen molar-refractivity contribution in [2.24, 2.45) is 0 Å². The van der Waals surface area contributed by atoms with E-state index >= 15 is 0 Å². The topological polar surface area (TPSA) is 213 Å². The van der Waals surface area contributed by atoms with E-state index in [1.807, 2.05) is 0 Å². The minimum absolute atomic E-state index is 0.120. The number of carbonyl (C=O) groups is 1. The Bertz CT molecular complexity index is 1410. The quantitative estimate of drug-likeness (QED) is 0.0185. The van der Waals surface area contributed by atoms with Crippen LogP contribution in [-0.2, 0) is 14.2 Å². The minimum atomic E-state index is -1.70. The molecule has 2 rings (SSSR count). The summed E-state index contributed by atoms with van der Waals surface area (Å²) in [6, 6.07) is 4.57. The van der Waals surface area contributed by atoms with Gasteiger partial charge in [0.25, 0.3) is 5.69 Å². The number of nitro groups is 1. The van der Waals surface area contributed by atoms with Crippen molar-refractivity contribution in [2.75, 3.05) is 25.1 Å². The Morgan fingerprint density at radius 2 is 1.04 bits per heavy atom. The molecular formula is C57H105N3O11. The zero-order valence-electron chi connectivity index (χ0n) is 44.8. The molecule has 71 heavy (non-hydrogen) atoms. The predicted molar refractivity (Wildman–Crippen MR) is 287 cm³/mol. The largest absolute Gasteiger partial charge is 0.446 e. The smallest absolute Gasteiger partial charge is 0.411 e. The van der Waals surface area contributed by atoms with Gasteiger partial charge in [0.05, 0.1) is 35.5 Å². The third-order valence-corrected chi connectivity index (χ3v) is 14.4. The molecule has 0 unspecified atom stereocenters. The van der Waals surface area contributed by atoms with Crippen molar-refractivity contribution in [3.63, 3.8) is 0 Å². The Balaban J connectivity index is 1.71. The number of nitrogens with one attached hydrogen (secondary N) is 2. The fourth-order valence-electron chi connectivity index (χ4n) is 9.69. The molecule has 7 N–H and O–H groups in total. The highest BCUT2D eigenvalue weighted by Gasteiger charge is 2.45. The number of amides is 1. The molecule has 0 radical (unpaired) electrons. The van der Waals surface area contributed by atoms with E-state index in [-0.39, 0.29) is 18.0 Å². The number of anilines is 1. The molecule has 0 spiro atoms. The third-order valence-electron chi connectivity index (χ3n) is 14.4. The predicted octanol–water partition coefficient (Wildman–Crippen LogP) is 13.1. The molecule has 0 aliphatic carbocycles. The van der Waals surface area contributed by atoms with Crippen molar-refractivity contribution >= 4 is 17.5 Å². The maximum absolute atomic E-state index is 12.5. The Kier molecular flexibility index (Phi) is 40.0. The van der Waals surface area contributed by atoms with Gasteiger partial charge in [-0.25, -0.2) is 4.79 Å². The molecule has 0 aromatic heterocycles. The molecule has 1 aliphatic heterocycles. The van der Waals surface area contributed by atoms with Crippen molar-refractivity contribution in [1.29, 1.82) is 0 Å². The van der Waals surface area contributed by atoms with Crippen molar-refractivity contribution in [3.8, 4) is 0 Å². The van der Waals surface area contributed by atoms with Gasteiger partial charge in [-0.15, -0.1) is 0 Å². The highest BCUT2D eigenvalue weighted by Crippen LogP contribution is 2.25. The van der Waals surface area contributed by atoms with E-state index in [4.69, 9.17) is 14.2 Å². The third kappa shape index (κ3) is 32.5. The van der Waals surface area contributed by atoms with Gasteiger partial charge in [0.15, 0.2) is 6.29 Å². The first-order valence-corrected chi connectivity index (χ1v) is 29.2. The number of rotatable bonds is 48.